The van der Waals surface area contributed by atoms with Crippen molar-refractivity contribution in [2.75, 3.05) is 32.1 Å². The molecule has 24 heavy (non-hydrogen) atoms. The predicted octanol–water partition coefficient (Wildman–Crippen LogP) is 2.22. The summed E-state index contributed by atoms with van der Waals surface area (Å²) in [5.74, 6) is 3.98. The molecule has 3 rings (SSSR count). The van der Waals surface area contributed by atoms with Crippen LogP contribution in [0.5, 0.6) is 0 Å². The summed E-state index contributed by atoms with van der Waals surface area (Å²) in [5.41, 5.74) is 7.80. The molecule has 2 aliphatic heterocycles. The standard InChI is InChI=1S/C17H20ClN5O/c1-20-12-5-6-14(18)13(10-12)15-11-24-9-3-8-23(15)16-4-2-7-21-17(19)22-16/h5-6,10,15,20H,3-4,8-9,11H2,1H3,(H2,19,21)/t15-/m1/s1. The van der Waals surface area contributed by atoms with Crippen LogP contribution in [0.4, 0.5) is 5.69 Å². The fourth-order valence-corrected chi connectivity index (χ4v) is 3.12. The van der Waals surface area contributed by atoms with E-state index in [1.165, 1.54) is 0 Å². The molecular weight excluding hydrogens is 326 g/mol. The molecule has 0 aromatic heterocycles. The van der Waals surface area contributed by atoms with E-state index in [1.54, 1.807) is 0 Å². The summed E-state index contributed by atoms with van der Waals surface area (Å²) in [4.78, 5) is 10.5. The maximum Gasteiger partial charge on any atom is 0.230 e. The van der Waals surface area contributed by atoms with Gasteiger partial charge in [-0.25, -0.2) is 0 Å². The number of benzene rings is 1. The topological polar surface area (TPSA) is 75.2 Å². The number of amidine groups is 1. The molecule has 0 spiro atoms. The van der Waals surface area contributed by atoms with Crippen molar-refractivity contribution in [2.24, 2.45) is 15.7 Å². The first-order chi connectivity index (χ1) is 11.7. The van der Waals surface area contributed by atoms with Gasteiger partial charge < -0.3 is 20.7 Å². The third kappa shape index (κ3) is 3.64. The number of guanidine groups is 1. The molecule has 6 nitrogen and oxygen atoms in total. The number of anilines is 1. The molecule has 1 aromatic rings. The predicted molar refractivity (Wildman–Crippen MR) is 97.3 cm³/mol. The minimum absolute atomic E-state index is 0.0419. The number of hydrogen-bond acceptors (Lipinski definition) is 6. The maximum atomic E-state index is 6.48. The number of hydrogen-bond donors (Lipinski definition) is 2. The van der Waals surface area contributed by atoms with Crippen LogP contribution in [0.15, 0.2) is 28.2 Å². The molecule has 0 unspecified atom stereocenters. The molecule has 0 amide bonds. The Morgan fingerprint density at radius 2 is 2.33 bits per heavy atom. The first kappa shape index (κ1) is 16.6. The van der Waals surface area contributed by atoms with Crippen LogP contribution < -0.4 is 11.1 Å². The third-order valence-electron chi connectivity index (χ3n) is 4.05. The summed E-state index contributed by atoms with van der Waals surface area (Å²) >= 11 is 6.48. The number of rotatable bonds is 2. The smallest absolute Gasteiger partial charge is 0.230 e. The Kier molecular flexibility index (Phi) is 5.24. The highest BCUT2D eigenvalue weighted by atomic mass is 35.5. The van der Waals surface area contributed by atoms with Crippen LogP contribution in [-0.4, -0.2) is 43.5 Å². The van der Waals surface area contributed by atoms with Gasteiger partial charge in [0.2, 0.25) is 5.96 Å². The van der Waals surface area contributed by atoms with Crippen molar-refractivity contribution in [1.82, 2.24) is 4.90 Å². The molecule has 0 radical (unpaired) electrons. The van der Waals surface area contributed by atoms with Gasteiger partial charge in [0.1, 0.15) is 5.84 Å². The molecule has 126 valence electrons. The van der Waals surface area contributed by atoms with E-state index in [9.17, 15) is 0 Å². The Bertz CT molecular complexity index is 734. The number of ether oxygens (including phenoxy) is 1. The van der Waals surface area contributed by atoms with Crippen molar-refractivity contribution in [2.45, 2.75) is 18.9 Å². The molecule has 1 aromatic carbocycles. The highest BCUT2D eigenvalue weighted by molar-refractivity contribution is 6.31. The second kappa shape index (κ2) is 7.56. The second-order valence-electron chi connectivity index (χ2n) is 5.59. The van der Waals surface area contributed by atoms with Gasteiger partial charge in [-0.15, -0.1) is 0 Å². The minimum atomic E-state index is -0.0419. The van der Waals surface area contributed by atoms with Crippen molar-refractivity contribution in [1.29, 1.82) is 0 Å². The van der Waals surface area contributed by atoms with Crippen molar-refractivity contribution in [3.05, 3.63) is 28.8 Å². The van der Waals surface area contributed by atoms with Gasteiger partial charge in [-0.3, -0.25) is 0 Å². The van der Waals surface area contributed by atoms with Crippen LogP contribution in [0.3, 0.4) is 0 Å². The fraction of sp³-hybridized carbons (Fsp3) is 0.412. The lowest BCUT2D eigenvalue weighted by molar-refractivity contribution is 0.118. The van der Waals surface area contributed by atoms with E-state index in [0.29, 0.717) is 24.7 Å². The van der Waals surface area contributed by atoms with Crippen LogP contribution >= 0.6 is 11.6 Å². The summed E-state index contributed by atoms with van der Waals surface area (Å²) in [7, 11) is 1.89. The van der Waals surface area contributed by atoms with E-state index in [0.717, 1.165) is 30.1 Å². The van der Waals surface area contributed by atoms with Crippen molar-refractivity contribution >= 4 is 29.1 Å². The molecule has 0 aliphatic carbocycles. The number of nitrogens with zero attached hydrogens (tertiary/aromatic N) is 3. The second-order valence-corrected chi connectivity index (χ2v) is 5.99. The summed E-state index contributed by atoms with van der Waals surface area (Å²) in [5, 5.41) is 3.86. The Morgan fingerprint density at radius 3 is 3.17 bits per heavy atom. The lowest BCUT2D eigenvalue weighted by Gasteiger charge is -2.32. The Morgan fingerprint density at radius 1 is 1.46 bits per heavy atom. The van der Waals surface area contributed by atoms with E-state index < -0.39 is 0 Å². The average molecular weight is 346 g/mol. The number of nitrogens with one attached hydrogen (secondary N) is 1. The molecule has 0 saturated carbocycles. The quantitative estimate of drug-likeness (QED) is 0.806. The highest BCUT2D eigenvalue weighted by Crippen LogP contribution is 2.32. The summed E-state index contributed by atoms with van der Waals surface area (Å²) in [6, 6.07) is 8.53. The van der Waals surface area contributed by atoms with Crippen molar-refractivity contribution in [3.63, 3.8) is 0 Å². The van der Waals surface area contributed by atoms with Crippen LogP contribution in [0.1, 0.15) is 24.4 Å². The van der Waals surface area contributed by atoms with Crippen LogP contribution in [0.25, 0.3) is 0 Å². The number of halogens is 1. The van der Waals surface area contributed by atoms with E-state index in [1.807, 2.05) is 19.2 Å². The van der Waals surface area contributed by atoms with Crippen molar-refractivity contribution < 1.29 is 4.74 Å². The lowest BCUT2D eigenvalue weighted by Crippen LogP contribution is -2.37. The molecule has 2 heterocycles. The van der Waals surface area contributed by atoms with E-state index in [4.69, 9.17) is 22.1 Å². The van der Waals surface area contributed by atoms with Gasteiger partial charge >= 0.3 is 0 Å². The van der Waals surface area contributed by atoms with Crippen LogP contribution in [0.2, 0.25) is 5.02 Å². The molecule has 1 saturated heterocycles. The average Bonchev–Trinajstić information content (AvgIpc) is 2.95. The molecule has 3 N–H and O–H groups in total. The van der Waals surface area contributed by atoms with Gasteiger partial charge in [0.25, 0.3) is 0 Å². The monoisotopic (exact) mass is 345 g/mol. The highest BCUT2D eigenvalue weighted by Gasteiger charge is 2.28. The third-order valence-corrected chi connectivity index (χ3v) is 4.40. The Balaban J connectivity index is 2.00. The van der Waals surface area contributed by atoms with Gasteiger partial charge in [0.15, 0.2) is 0 Å². The van der Waals surface area contributed by atoms with Crippen LogP contribution in [-0.2, 0) is 4.74 Å². The Hall–Kier alpha value is -2.23. The van der Waals surface area contributed by atoms with Gasteiger partial charge in [-0.1, -0.05) is 17.5 Å². The fourth-order valence-electron chi connectivity index (χ4n) is 2.88. The summed E-state index contributed by atoms with van der Waals surface area (Å²) in [6.45, 7) is 2.05. The van der Waals surface area contributed by atoms with Gasteiger partial charge in [-0.2, -0.15) is 9.98 Å². The summed E-state index contributed by atoms with van der Waals surface area (Å²) in [6.07, 6.45) is 1.41. The van der Waals surface area contributed by atoms with Gasteiger partial charge in [0, 0.05) is 37.0 Å². The first-order valence-electron chi connectivity index (χ1n) is 7.89. The van der Waals surface area contributed by atoms with Gasteiger partial charge in [0.05, 0.1) is 19.1 Å². The maximum absolute atomic E-state index is 6.48. The van der Waals surface area contributed by atoms with E-state index in [-0.39, 0.29) is 12.0 Å². The first-order valence-corrected chi connectivity index (χ1v) is 8.27. The zero-order valence-corrected chi connectivity index (χ0v) is 14.3. The van der Waals surface area contributed by atoms with Crippen molar-refractivity contribution in [3.8, 4) is 12.0 Å². The van der Waals surface area contributed by atoms with E-state index >= 15 is 0 Å². The largest absolute Gasteiger partial charge is 0.388 e. The summed E-state index contributed by atoms with van der Waals surface area (Å²) < 4.78 is 5.80. The van der Waals surface area contributed by atoms with E-state index in [2.05, 4.69) is 38.2 Å². The molecule has 1 atom stereocenters. The molecule has 0 bridgehead atoms. The number of aliphatic imine (C=N–C) groups is 2. The zero-order chi connectivity index (χ0) is 16.9. The van der Waals surface area contributed by atoms with Crippen LogP contribution in [0, 0.1) is 12.0 Å². The zero-order valence-electron chi connectivity index (χ0n) is 13.6. The van der Waals surface area contributed by atoms with Gasteiger partial charge in [-0.05, 0) is 30.2 Å². The Labute approximate surface area is 146 Å². The molecule has 7 heteroatoms. The lowest BCUT2D eigenvalue weighted by atomic mass is 10.0. The SMILES string of the molecule is CNc1ccc(Cl)c([C@H]2COCCCN2C2=NC(N)=NC#CC2)c1. The normalized spacial score (nSPS) is 20.9. The molecule has 2 aliphatic rings. The molecular formula is C17H20ClN5O. The molecule has 1 fully saturated rings. The number of nitrogens with two attached hydrogens (primary N) is 1. The minimum Gasteiger partial charge on any atom is -0.388 e.